The summed E-state index contributed by atoms with van der Waals surface area (Å²) in [6, 6.07) is 8.88. The monoisotopic (exact) mass is 463 g/mol. The van der Waals surface area contributed by atoms with E-state index in [0.29, 0.717) is 44.0 Å². The molecule has 6 rings (SSSR count). The van der Waals surface area contributed by atoms with E-state index < -0.39 is 22.0 Å². The molecule has 1 aromatic rings. The lowest BCUT2D eigenvalue weighted by molar-refractivity contribution is -0.154. The van der Waals surface area contributed by atoms with Crippen LogP contribution in [0.5, 0.6) is 0 Å². The minimum atomic E-state index is -3.78. The fourth-order valence-electron chi connectivity index (χ4n) is 6.67. The molecule has 4 aliphatic carbocycles. The van der Waals surface area contributed by atoms with Gasteiger partial charge in [-0.05, 0) is 68.4 Å². The number of ether oxygens (including phenoxy) is 1. The maximum Gasteiger partial charge on any atom is 0.506 e. The van der Waals surface area contributed by atoms with Gasteiger partial charge < -0.3 is 15.2 Å². The second-order valence-electron chi connectivity index (χ2n) is 9.72. The predicted octanol–water partition coefficient (Wildman–Crippen LogP) is 2.20. The molecule has 1 amide bonds. The zero-order chi connectivity index (χ0) is 22.5. The Hall–Kier alpha value is -2.33. The molecule has 9 nitrogen and oxygen atoms in total. The zero-order valence-electron chi connectivity index (χ0n) is 17.9. The summed E-state index contributed by atoms with van der Waals surface area (Å²) in [6.07, 6.45) is 3.35. The van der Waals surface area contributed by atoms with Gasteiger partial charge in [0.15, 0.2) is 0 Å². The van der Waals surface area contributed by atoms with Gasteiger partial charge in [0.2, 0.25) is 5.91 Å². The second kappa shape index (κ2) is 7.91. The SMILES string of the molecule is O=C(CN1CCCN(c2ccccc2)S1(=O)=O)NC1C2CC3CC1CC(OC(=O)O)(C3)C2. The van der Waals surface area contributed by atoms with Crippen molar-refractivity contribution in [2.45, 2.75) is 50.2 Å². The maximum atomic E-state index is 13.1. The molecule has 4 saturated carbocycles. The van der Waals surface area contributed by atoms with E-state index in [1.54, 1.807) is 24.3 Å². The van der Waals surface area contributed by atoms with E-state index in [-0.39, 0.29) is 30.3 Å². The summed E-state index contributed by atoms with van der Waals surface area (Å²) in [5, 5.41) is 12.3. The topological polar surface area (TPSA) is 116 Å². The summed E-state index contributed by atoms with van der Waals surface area (Å²) in [5.74, 6) is 0.475. The molecule has 2 unspecified atom stereocenters. The number of amides is 1. The normalized spacial score (nSPS) is 35.4. The average Bonchev–Trinajstić information content (AvgIpc) is 2.71. The number of carboxylic acid groups (broad SMARTS) is 1. The van der Waals surface area contributed by atoms with Crippen LogP contribution in [0, 0.1) is 17.8 Å². The molecule has 2 N–H and O–H groups in total. The molecule has 5 aliphatic rings. The molecular formula is C22H29N3O6S. The number of hydrogen-bond acceptors (Lipinski definition) is 5. The molecule has 0 aromatic heterocycles. The fourth-order valence-corrected chi connectivity index (χ4v) is 8.33. The van der Waals surface area contributed by atoms with Crippen LogP contribution in [0.15, 0.2) is 30.3 Å². The molecule has 1 aliphatic heterocycles. The van der Waals surface area contributed by atoms with E-state index in [1.165, 1.54) is 8.61 Å². The third kappa shape index (κ3) is 3.83. The van der Waals surface area contributed by atoms with Crippen LogP contribution in [-0.2, 0) is 19.7 Å². The number of carbonyl (C=O) groups is 2. The van der Waals surface area contributed by atoms with Gasteiger partial charge in [0.1, 0.15) is 5.60 Å². The van der Waals surface area contributed by atoms with E-state index in [9.17, 15) is 18.0 Å². The number of carbonyl (C=O) groups excluding carboxylic acids is 1. The van der Waals surface area contributed by atoms with Gasteiger partial charge >= 0.3 is 16.4 Å². The van der Waals surface area contributed by atoms with Gasteiger partial charge in [-0.15, -0.1) is 0 Å². The van der Waals surface area contributed by atoms with E-state index in [2.05, 4.69) is 5.32 Å². The molecule has 1 saturated heterocycles. The van der Waals surface area contributed by atoms with Crippen LogP contribution >= 0.6 is 0 Å². The van der Waals surface area contributed by atoms with Crippen molar-refractivity contribution >= 4 is 28.0 Å². The number of anilines is 1. The Morgan fingerprint density at radius 2 is 1.78 bits per heavy atom. The van der Waals surface area contributed by atoms with Crippen molar-refractivity contribution in [1.29, 1.82) is 0 Å². The van der Waals surface area contributed by atoms with Gasteiger partial charge in [0.25, 0.3) is 0 Å². The lowest BCUT2D eigenvalue weighted by Crippen LogP contribution is -2.63. The van der Waals surface area contributed by atoms with Gasteiger partial charge in [-0.2, -0.15) is 12.7 Å². The van der Waals surface area contributed by atoms with Crippen LogP contribution in [0.3, 0.4) is 0 Å². The molecule has 1 aromatic carbocycles. The summed E-state index contributed by atoms with van der Waals surface area (Å²) in [4.78, 5) is 24.1. The highest BCUT2D eigenvalue weighted by Crippen LogP contribution is 2.57. The first-order valence-corrected chi connectivity index (χ1v) is 12.7. The predicted molar refractivity (Wildman–Crippen MR) is 116 cm³/mol. The van der Waals surface area contributed by atoms with Crippen molar-refractivity contribution < 1.29 is 27.9 Å². The Kier molecular flexibility index (Phi) is 5.32. The summed E-state index contributed by atoms with van der Waals surface area (Å²) in [7, 11) is -3.78. The lowest BCUT2D eigenvalue weighted by Gasteiger charge is -2.58. The Labute approximate surface area is 187 Å². The molecule has 10 heteroatoms. The van der Waals surface area contributed by atoms with Gasteiger partial charge in [0.05, 0.1) is 12.2 Å². The molecule has 1 heterocycles. The first-order chi connectivity index (χ1) is 15.3. The zero-order valence-corrected chi connectivity index (χ0v) is 18.7. The average molecular weight is 464 g/mol. The van der Waals surface area contributed by atoms with Crippen molar-refractivity contribution in [2.75, 3.05) is 23.9 Å². The molecule has 5 fully saturated rings. The van der Waals surface area contributed by atoms with Gasteiger partial charge in [0, 0.05) is 19.1 Å². The summed E-state index contributed by atoms with van der Waals surface area (Å²) in [5.41, 5.74) is -0.0157. The Morgan fingerprint density at radius 3 is 2.44 bits per heavy atom. The molecule has 174 valence electrons. The van der Waals surface area contributed by atoms with E-state index in [1.807, 2.05) is 6.07 Å². The van der Waals surface area contributed by atoms with Crippen LogP contribution in [0.2, 0.25) is 0 Å². The third-order valence-corrected chi connectivity index (χ3v) is 9.50. The van der Waals surface area contributed by atoms with E-state index in [4.69, 9.17) is 9.84 Å². The third-order valence-electron chi connectivity index (χ3n) is 7.59. The Balaban J connectivity index is 1.25. The summed E-state index contributed by atoms with van der Waals surface area (Å²) in [6.45, 7) is 0.500. The smallest absolute Gasteiger partial charge is 0.450 e. The number of para-hydroxylation sites is 1. The summed E-state index contributed by atoms with van der Waals surface area (Å²) >= 11 is 0. The highest BCUT2D eigenvalue weighted by molar-refractivity contribution is 7.90. The van der Waals surface area contributed by atoms with Gasteiger partial charge in [-0.1, -0.05) is 18.2 Å². The van der Waals surface area contributed by atoms with Crippen LogP contribution in [0.25, 0.3) is 0 Å². The van der Waals surface area contributed by atoms with Crippen LogP contribution in [-0.4, -0.2) is 61.2 Å². The summed E-state index contributed by atoms with van der Waals surface area (Å²) < 4.78 is 34.2. The van der Waals surface area contributed by atoms with Crippen LogP contribution in [0.4, 0.5) is 10.5 Å². The largest absolute Gasteiger partial charge is 0.506 e. The quantitative estimate of drug-likeness (QED) is 0.647. The lowest BCUT2D eigenvalue weighted by atomic mass is 9.52. The van der Waals surface area contributed by atoms with Crippen molar-refractivity contribution in [2.24, 2.45) is 17.8 Å². The van der Waals surface area contributed by atoms with Gasteiger partial charge in [-0.3, -0.25) is 9.10 Å². The van der Waals surface area contributed by atoms with Crippen molar-refractivity contribution in [3.05, 3.63) is 30.3 Å². The highest BCUT2D eigenvalue weighted by Gasteiger charge is 2.57. The van der Waals surface area contributed by atoms with E-state index in [0.717, 1.165) is 19.3 Å². The number of nitrogens with one attached hydrogen (secondary N) is 1. The van der Waals surface area contributed by atoms with Crippen molar-refractivity contribution in [1.82, 2.24) is 9.62 Å². The van der Waals surface area contributed by atoms with Gasteiger partial charge in [-0.25, -0.2) is 4.79 Å². The molecular weight excluding hydrogens is 434 g/mol. The maximum absolute atomic E-state index is 13.1. The molecule has 0 radical (unpaired) electrons. The van der Waals surface area contributed by atoms with E-state index >= 15 is 0 Å². The minimum absolute atomic E-state index is 0.0534. The first kappa shape index (κ1) is 21.5. The molecule has 2 atom stereocenters. The number of nitrogens with zero attached hydrogens (tertiary/aromatic N) is 2. The minimum Gasteiger partial charge on any atom is -0.450 e. The molecule has 32 heavy (non-hydrogen) atoms. The fraction of sp³-hybridized carbons (Fsp3) is 0.636. The highest BCUT2D eigenvalue weighted by atomic mass is 32.2. The second-order valence-corrected chi connectivity index (χ2v) is 11.6. The molecule has 4 bridgehead atoms. The van der Waals surface area contributed by atoms with Crippen molar-refractivity contribution in [3.8, 4) is 0 Å². The number of benzene rings is 1. The van der Waals surface area contributed by atoms with Crippen molar-refractivity contribution in [3.63, 3.8) is 0 Å². The Bertz CT molecular complexity index is 984. The molecule has 0 spiro atoms. The number of hydrogen-bond donors (Lipinski definition) is 2. The standard InChI is InChI=1S/C22H29N3O6S/c26-19(14-24-7-4-8-25(32(24,29)30)18-5-2-1-3-6-18)23-20-16-9-15-10-17(20)13-22(11-15,12-16)31-21(27)28/h1-3,5-6,15-17,20H,4,7-14H2,(H,23,26)(H,27,28). The number of rotatable bonds is 5. The van der Waals surface area contributed by atoms with Crippen LogP contribution in [0.1, 0.15) is 38.5 Å². The first-order valence-electron chi connectivity index (χ1n) is 11.3. The van der Waals surface area contributed by atoms with Crippen LogP contribution < -0.4 is 9.62 Å². The Morgan fingerprint density at radius 1 is 1.09 bits per heavy atom.